The number of carbonyl (C=O) groups excluding carboxylic acids is 1. The van der Waals surface area contributed by atoms with Crippen LogP contribution in [0.15, 0.2) is 53.6 Å². The Balaban J connectivity index is 1.47. The Kier molecular flexibility index (Phi) is 7.78. The predicted molar refractivity (Wildman–Crippen MR) is 114 cm³/mol. The standard InChI is InChI=1S/C23H29N3O3/c1-18(2)17-29-22-9-5-19(6-10-22)15-24-25-23(27)21-7-3-20(4-8-21)16-26-11-13-28-14-12-26/h3-10,15,18H,11-14,16-17H2,1-2H3,(H,25,27)/b24-15+. The highest BCUT2D eigenvalue weighted by molar-refractivity contribution is 5.94. The SMILES string of the molecule is CC(C)COc1ccc(/C=N/NC(=O)c2ccc(CN3CCOCC3)cc2)cc1. The molecule has 0 unspecified atom stereocenters. The monoisotopic (exact) mass is 395 g/mol. The summed E-state index contributed by atoms with van der Waals surface area (Å²) < 4.78 is 11.0. The first-order chi connectivity index (χ1) is 14.1. The van der Waals surface area contributed by atoms with E-state index >= 15 is 0 Å². The van der Waals surface area contributed by atoms with E-state index in [1.807, 2.05) is 48.5 Å². The fourth-order valence-electron chi connectivity index (χ4n) is 2.92. The minimum absolute atomic E-state index is 0.226. The number of carbonyl (C=O) groups is 1. The van der Waals surface area contributed by atoms with Gasteiger partial charge in [-0.25, -0.2) is 5.43 Å². The number of nitrogens with zero attached hydrogens (tertiary/aromatic N) is 2. The number of benzene rings is 2. The van der Waals surface area contributed by atoms with E-state index in [9.17, 15) is 4.79 Å². The molecule has 0 aliphatic carbocycles. The maximum Gasteiger partial charge on any atom is 0.271 e. The topological polar surface area (TPSA) is 63.2 Å². The van der Waals surface area contributed by atoms with Crippen LogP contribution in [0.4, 0.5) is 0 Å². The number of amides is 1. The van der Waals surface area contributed by atoms with Gasteiger partial charge in [0.25, 0.3) is 5.91 Å². The van der Waals surface area contributed by atoms with Gasteiger partial charge >= 0.3 is 0 Å². The van der Waals surface area contributed by atoms with Crippen LogP contribution in [0.1, 0.15) is 35.3 Å². The van der Waals surface area contributed by atoms with Crippen molar-refractivity contribution in [1.29, 1.82) is 0 Å². The van der Waals surface area contributed by atoms with Crippen LogP contribution >= 0.6 is 0 Å². The van der Waals surface area contributed by atoms with Gasteiger partial charge in [-0.3, -0.25) is 9.69 Å². The number of morpholine rings is 1. The second kappa shape index (κ2) is 10.7. The van der Waals surface area contributed by atoms with Gasteiger partial charge in [-0.05, 0) is 53.4 Å². The van der Waals surface area contributed by atoms with Gasteiger partial charge in [-0.2, -0.15) is 5.10 Å². The summed E-state index contributed by atoms with van der Waals surface area (Å²) in [6.07, 6.45) is 1.62. The summed E-state index contributed by atoms with van der Waals surface area (Å²) in [5, 5.41) is 4.05. The van der Waals surface area contributed by atoms with Crippen molar-refractivity contribution in [1.82, 2.24) is 10.3 Å². The van der Waals surface area contributed by atoms with Crippen LogP contribution in [0.5, 0.6) is 5.75 Å². The second-order valence-corrected chi connectivity index (χ2v) is 7.56. The molecule has 0 saturated carbocycles. The molecule has 29 heavy (non-hydrogen) atoms. The third kappa shape index (κ3) is 7.00. The summed E-state index contributed by atoms with van der Waals surface area (Å²) in [7, 11) is 0. The Morgan fingerprint density at radius 2 is 1.83 bits per heavy atom. The third-order valence-electron chi connectivity index (χ3n) is 4.57. The van der Waals surface area contributed by atoms with Gasteiger partial charge in [0.15, 0.2) is 0 Å². The molecule has 1 heterocycles. The largest absolute Gasteiger partial charge is 0.493 e. The summed E-state index contributed by atoms with van der Waals surface area (Å²) in [6.45, 7) is 9.25. The summed E-state index contributed by atoms with van der Waals surface area (Å²) in [4.78, 5) is 14.6. The van der Waals surface area contributed by atoms with Crippen molar-refractivity contribution in [3.63, 3.8) is 0 Å². The molecule has 1 amide bonds. The highest BCUT2D eigenvalue weighted by Gasteiger charge is 2.11. The van der Waals surface area contributed by atoms with Crippen molar-refractivity contribution in [2.45, 2.75) is 20.4 Å². The van der Waals surface area contributed by atoms with Crippen LogP contribution < -0.4 is 10.2 Å². The minimum atomic E-state index is -0.226. The minimum Gasteiger partial charge on any atom is -0.493 e. The van der Waals surface area contributed by atoms with Gasteiger partial charge in [0.1, 0.15) is 5.75 Å². The van der Waals surface area contributed by atoms with Crippen molar-refractivity contribution in [2.24, 2.45) is 11.0 Å². The molecule has 1 aliphatic heterocycles. The first-order valence-electron chi connectivity index (χ1n) is 10.1. The lowest BCUT2D eigenvalue weighted by Crippen LogP contribution is -2.35. The van der Waals surface area contributed by atoms with Gasteiger partial charge in [0.05, 0.1) is 26.0 Å². The van der Waals surface area contributed by atoms with E-state index in [4.69, 9.17) is 9.47 Å². The molecule has 6 nitrogen and oxygen atoms in total. The van der Waals surface area contributed by atoms with Gasteiger partial charge < -0.3 is 9.47 Å². The lowest BCUT2D eigenvalue weighted by molar-refractivity contribution is 0.0342. The van der Waals surface area contributed by atoms with E-state index in [0.717, 1.165) is 44.2 Å². The van der Waals surface area contributed by atoms with Crippen LogP contribution in [-0.2, 0) is 11.3 Å². The van der Waals surface area contributed by atoms with E-state index in [1.165, 1.54) is 5.56 Å². The zero-order chi connectivity index (χ0) is 20.5. The molecular weight excluding hydrogens is 366 g/mol. The zero-order valence-electron chi connectivity index (χ0n) is 17.1. The molecule has 3 rings (SSSR count). The van der Waals surface area contributed by atoms with Gasteiger partial charge in [0.2, 0.25) is 0 Å². The molecule has 0 radical (unpaired) electrons. The molecule has 2 aromatic rings. The summed E-state index contributed by atoms with van der Waals surface area (Å²) in [6, 6.07) is 15.3. The molecule has 1 fully saturated rings. The lowest BCUT2D eigenvalue weighted by Gasteiger charge is -2.26. The maximum atomic E-state index is 12.3. The number of rotatable bonds is 8. The van der Waals surface area contributed by atoms with E-state index < -0.39 is 0 Å². The first-order valence-corrected chi connectivity index (χ1v) is 10.1. The highest BCUT2D eigenvalue weighted by atomic mass is 16.5. The normalized spacial score (nSPS) is 15.0. The average molecular weight is 396 g/mol. The van der Waals surface area contributed by atoms with Gasteiger partial charge in [-0.15, -0.1) is 0 Å². The fourth-order valence-corrected chi connectivity index (χ4v) is 2.92. The quantitative estimate of drug-likeness (QED) is 0.550. The van der Waals surface area contributed by atoms with Crippen molar-refractivity contribution >= 4 is 12.1 Å². The van der Waals surface area contributed by atoms with Crippen LogP contribution in [0.2, 0.25) is 0 Å². The van der Waals surface area contributed by atoms with E-state index in [2.05, 4.69) is 29.3 Å². The number of nitrogens with one attached hydrogen (secondary N) is 1. The molecule has 1 N–H and O–H groups in total. The molecule has 0 spiro atoms. The van der Waals surface area contributed by atoms with Crippen LogP contribution in [-0.4, -0.2) is 49.9 Å². The Labute approximate surface area is 172 Å². The lowest BCUT2D eigenvalue weighted by atomic mass is 10.1. The second-order valence-electron chi connectivity index (χ2n) is 7.56. The van der Waals surface area contributed by atoms with Gasteiger partial charge in [-0.1, -0.05) is 26.0 Å². The molecule has 0 atom stereocenters. The van der Waals surface area contributed by atoms with Crippen LogP contribution in [0, 0.1) is 5.92 Å². The van der Waals surface area contributed by atoms with Crippen LogP contribution in [0.25, 0.3) is 0 Å². The van der Waals surface area contributed by atoms with E-state index in [1.54, 1.807) is 6.21 Å². The molecule has 6 heteroatoms. The number of ether oxygens (including phenoxy) is 2. The Bertz CT molecular complexity index is 795. The maximum absolute atomic E-state index is 12.3. The summed E-state index contributed by atoms with van der Waals surface area (Å²) in [5.41, 5.74) is 5.24. The van der Waals surface area contributed by atoms with Crippen molar-refractivity contribution in [2.75, 3.05) is 32.9 Å². The molecular formula is C23H29N3O3. The number of hydrogen-bond acceptors (Lipinski definition) is 5. The van der Waals surface area contributed by atoms with Crippen LogP contribution in [0.3, 0.4) is 0 Å². The molecule has 0 bridgehead atoms. The first kappa shape index (κ1) is 21.0. The molecule has 2 aromatic carbocycles. The zero-order valence-corrected chi connectivity index (χ0v) is 17.1. The Morgan fingerprint density at radius 3 is 2.48 bits per heavy atom. The summed E-state index contributed by atoms with van der Waals surface area (Å²) >= 11 is 0. The van der Waals surface area contributed by atoms with E-state index in [0.29, 0.717) is 18.1 Å². The predicted octanol–water partition coefficient (Wildman–Crippen LogP) is 3.32. The number of hydrazone groups is 1. The molecule has 154 valence electrons. The Hall–Kier alpha value is -2.70. The number of hydrogen-bond donors (Lipinski definition) is 1. The van der Waals surface area contributed by atoms with E-state index in [-0.39, 0.29) is 5.91 Å². The van der Waals surface area contributed by atoms with Gasteiger partial charge in [0, 0.05) is 25.2 Å². The molecule has 1 saturated heterocycles. The Morgan fingerprint density at radius 1 is 1.14 bits per heavy atom. The van der Waals surface area contributed by atoms with Crippen molar-refractivity contribution in [3.8, 4) is 5.75 Å². The van der Waals surface area contributed by atoms with Crippen molar-refractivity contribution in [3.05, 3.63) is 65.2 Å². The fraction of sp³-hybridized carbons (Fsp3) is 0.391. The smallest absolute Gasteiger partial charge is 0.271 e. The average Bonchev–Trinajstić information content (AvgIpc) is 2.74. The summed E-state index contributed by atoms with van der Waals surface area (Å²) in [5.74, 6) is 1.09. The molecule has 1 aliphatic rings. The molecule has 0 aromatic heterocycles. The van der Waals surface area contributed by atoms with Crippen molar-refractivity contribution < 1.29 is 14.3 Å². The third-order valence-corrected chi connectivity index (χ3v) is 4.57. The highest BCUT2D eigenvalue weighted by Crippen LogP contribution is 2.12.